The third-order valence-electron chi connectivity index (χ3n) is 4.40. The highest BCUT2D eigenvalue weighted by molar-refractivity contribution is 5.23. The van der Waals surface area contributed by atoms with E-state index in [0.29, 0.717) is 12.2 Å². The molecule has 0 saturated carbocycles. The van der Waals surface area contributed by atoms with Crippen LogP contribution in [0.5, 0.6) is 0 Å². The first-order chi connectivity index (χ1) is 10.3. The molecule has 1 aliphatic rings. The Morgan fingerprint density at radius 3 is 2.48 bits per heavy atom. The van der Waals surface area contributed by atoms with Crippen molar-refractivity contribution in [2.24, 2.45) is 0 Å². The van der Waals surface area contributed by atoms with Crippen LogP contribution in [0.4, 0.5) is 0 Å². The second-order valence-electron chi connectivity index (χ2n) is 6.11. The fraction of sp³-hybridized carbons (Fsp3) is 0.400. The lowest BCUT2D eigenvalue weighted by atomic mass is 9.95. The van der Waals surface area contributed by atoms with Gasteiger partial charge in [-0.05, 0) is 50.2 Å². The minimum absolute atomic E-state index is 0.292. The molecule has 0 spiro atoms. The lowest BCUT2D eigenvalue weighted by Gasteiger charge is -2.30. The molecule has 3 rings (SSSR count). The zero-order chi connectivity index (χ0) is 14.5. The maximum absolute atomic E-state index is 6.33. The highest BCUT2D eigenvalue weighted by Crippen LogP contribution is 2.32. The number of aryl methyl sites for hydroxylation is 2. The predicted octanol–water partition coefficient (Wildman–Crippen LogP) is 5.24. The zero-order valence-electron chi connectivity index (χ0n) is 12.8. The molecule has 0 N–H and O–H groups in total. The van der Waals surface area contributed by atoms with Crippen LogP contribution in [0.1, 0.15) is 48.5 Å². The van der Waals surface area contributed by atoms with E-state index in [9.17, 15) is 0 Å². The van der Waals surface area contributed by atoms with E-state index in [1.54, 1.807) is 0 Å². The van der Waals surface area contributed by atoms with Gasteiger partial charge in [0.25, 0.3) is 0 Å². The maximum Gasteiger partial charge on any atom is 0.0828 e. The fourth-order valence-electron chi connectivity index (χ4n) is 3.11. The van der Waals surface area contributed by atoms with Gasteiger partial charge in [-0.25, -0.2) is 0 Å². The van der Waals surface area contributed by atoms with Crippen molar-refractivity contribution in [3.63, 3.8) is 0 Å². The first-order valence-corrected chi connectivity index (χ1v) is 8.07. The Morgan fingerprint density at radius 2 is 1.71 bits per heavy atom. The summed E-state index contributed by atoms with van der Waals surface area (Å²) in [5.74, 6) is 0. The van der Waals surface area contributed by atoms with Crippen LogP contribution < -0.4 is 0 Å². The van der Waals surface area contributed by atoms with Gasteiger partial charge < -0.3 is 4.74 Å². The van der Waals surface area contributed by atoms with E-state index in [-0.39, 0.29) is 0 Å². The number of rotatable bonds is 4. The number of ether oxygens (including phenoxy) is 1. The molecule has 0 bridgehead atoms. The Kier molecular flexibility index (Phi) is 4.72. The Morgan fingerprint density at radius 1 is 0.952 bits per heavy atom. The molecule has 1 fully saturated rings. The van der Waals surface area contributed by atoms with Crippen molar-refractivity contribution in [1.29, 1.82) is 0 Å². The Bertz CT molecular complexity index is 544. The standard InChI is InChI=1S/C20H24O/c1-16-10-13-18(14-11-16)20-9-5-8-19(21-20)15-12-17-6-3-2-4-7-17/h2-4,6-7,10-11,13-14,19-20H,5,8-9,12,15H2,1H3/t19-,20+/m0/s1. The van der Waals surface area contributed by atoms with E-state index < -0.39 is 0 Å². The zero-order valence-corrected chi connectivity index (χ0v) is 12.8. The van der Waals surface area contributed by atoms with Crippen molar-refractivity contribution < 1.29 is 4.74 Å². The summed E-state index contributed by atoms with van der Waals surface area (Å²) in [5, 5.41) is 0. The molecule has 0 aromatic heterocycles. The monoisotopic (exact) mass is 280 g/mol. The van der Waals surface area contributed by atoms with Gasteiger partial charge in [-0.15, -0.1) is 0 Å². The summed E-state index contributed by atoms with van der Waals surface area (Å²) in [7, 11) is 0. The molecule has 0 unspecified atom stereocenters. The summed E-state index contributed by atoms with van der Waals surface area (Å²) in [6.07, 6.45) is 6.58. The van der Waals surface area contributed by atoms with E-state index >= 15 is 0 Å². The van der Waals surface area contributed by atoms with Crippen molar-refractivity contribution >= 4 is 0 Å². The molecule has 2 atom stereocenters. The van der Waals surface area contributed by atoms with Gasteiger partial charge in [0.2, 0.25) is 0 Å². The highest BCUT2D eigenvalue weighted by atomic mass is 16.5. The third-order valence-corrected chi connectivity index (χ3v) is 4.40. The van der Waals surface area contributed by atoms with E-state index in [2.05, 4.69) is 61.5 Å². The third kappa shape index (κ3) is 3.95. The lowest BCUT2D eigenvalue weighted by molar-refractivity contribution is -0.0546. The van der Waals surface area contributed by atoms with Gasteiger partial charge in [-0.2, -0.15) is 0 Å². The summed E-state index contributed by atoms with van der Waals surface area (Å²) < 4.78 is 6.33. The smallest absolute Gasteiger partial charge is 0.0828 e. The highest BCUT2D eigenvalue weighted by Gasteiger charge is 2.23. The van der Waals surface area contributed by atoms with Crippen molar-refractivity contribution in [2.45, 2.75) is 51.2 Å². The van der Waals surface area contributed by atoms with Gasteiger partial charge in [0.1, 0.15) is 0 Å². The molecule has 2 aromatic rings. The largest absolute Gasteiger partial charge is 0.370 e. The molecule has 1 saturated heterocycles. The first kappa shape index (κ1) is 14.3. The average molecular weight is 280 g/mol. The first-order valence-electron chi connectivity index (χ1n) is 8.07. The molecule has 1 heterocycles. The van der Waals surface area contributed by atoms with E-state index in [4.69, 9.17) is 4.74 Å². The predicted molar refractivity (Wildman–Crippen MR) is 87.4 cm³/mol. The molecule has 21 heavy (non-hydrogen) atoms. The van der Waals surface area contributed by atoms with Crippen LogP contribution in [0.15, 0.2) is 54.6 Å². The van der Waals surface area contributed by atoms with Crippen LogP contribution in [0, 0.1) is 6.92 Å². The summed E-state index contributed by atoms with van der Waals surface area (Å²) in [5.41, 5.74) is 4.07. The van der Waals surface area contributed by atoms with E-state index in [1.807, 2.05) is 0 Å². The number of benzene rings is 2. The van der Waals surface area contributed by atoms with Gasteiger partial charge in [0.15, 0.2) is 0 Å². The van der Waals surface area contributed by atoms with Crippen LogP contribution >= 0.6 is 0 Å². The summed E-state index contributed by atoms with van der Waals surface area (Å²) >= 11 is 0. The van der Waals surface area contributed by atoms with Crippen LogP contribution in [0.25, 0.3) is 0 Å². The van der Waals surface area contributed by atoms with Crippen molar-refractivity contribution in [3.05, 3.63) is 71.3 Å². The molecule has 2 aromatic carbocycles. The topological polar surface area (TPSA) is 9.23 Å². The van der Waals surface area contributed by atoms with Gasteiger partial charge in [-0.3, -0.25) is 0 Å². The second kappa shape index (κ2) is 6.91. The van der Waals surface area contributed by atoms with Crippen LogP contribution in [0.3, 0.4) is 0 Å². The molecule has 1 aliphatic heterocycles. The van der Waals surface area contributed by atoms with Crippen LogP contribution in [-0.4, -0.2) is 6.10 Å². The Hall–Kier alpha value is -1.60. The Balaban J connectivity index is 1.57. The molecule has 0 radical (unpaired) electrons. The molecule has 1 heteroatoms. The van der Waals surface area contributed by atoms with Crippen molar-refractivity contribution in [1.82, 2.24) is 0 Å². The van der Waals surface area contributed by atoms with Gasteiger partial charge >= 0.3 is 0 Å². The molecule has 110 valence electrons. The van der Waals surface area contributed by atoms with Gasteiger partial charge in [0.05, 0.1) is 12.2 Å². The average Bonchev–Trinajstić information content (AvgIpc) is 2.55. The van der Waals surface area contributed by atoms with Crippen molar-refractivity contribution in [3.8, 4) is 0 Å². The van der Waals surface area contributed by atoms with Crippen molar-refractivity contribution in [2.75, 3.05) is 0 Å². The SMILES string of the molecule is Cc1ccc([C@H]2CCC[C@@H](CCc3ccccc3)O2)cc1. The van der Waals surface area contributed by atoms with E-state index in [1.165, 1.54) is 29.5 Å². The lowest BCUT2D eigenvalue weighted by Crippen LogP contribution is -2.23. The van der Waals surface area contributed by atoms with E-state index in [0.717, 1.165) is 19.3 Å². The normalized spacial score (nSPS) is 22.1. The molecule has 0 aliphatic carbocycles. The molecule has 0 amide bonds. The van der Waals surface area contributed by atoms with Gasteiger partial charge in [-0.1, -0.05) is 60.2 Å². The quantitative estimate of drug-likeness (QED) is 0.744. The fourth-order valence-corrected chi connectivity index (χ4v) is 3.11. The Labute approximate surface area is 128 Å². The summed E-state index contributed by atoms with van der Waals surface area (Å²) in [6, 6.07) is 19.5. The number of hydrogen-bond acceptors (Lipinski definition) is 1. The number of hydrogen-bond donors (Lipinski definition) is 0. The summed E-state index contributed by atoms with van der Waals surface area (Å²) in [4.78, 5) is 0. The summed E-state index contributed by atoms with van der Waals surface area (Å²) in [6.45, 7) is 2.13. The molecular weight excluding hydrogens is 256 g/mol. The molecular formula is C20H24O. The minimum atomic E-state index is 0.292. The maximum atomic E-state index is 6.33. The van der Waals surface area contributed by atoms with Crippen LogP contribution in [-0.2, 0) is 11.2 Å². The minimum Gasteiger partial charge on any atom is -0.370 e. The van der Waals surface area contributed by atoms with Gasteiger partial charge in [0, 0.05) is 0 Å². The second-order valence-corrected chi connectivity index (χ2v) is 6.11. The van der Waals surface area contributed by atoms with Crippen LogP contribution in [0.2, 0.25) is 0 Å². The molecule has 1 nitrogen and oxygen atoms in total.